The molecule has 8 heteroatoms. The first-order chi connectivity index (χ1) is 16.9. The number of rotatable bonds is 2. The van der Waals surface area contributed by atoms with E-state index in [-0.39, 0.29) is 24.9 Å². The minimum atomic E-state index is -1.25. The number of carbonyl (C=O) groups excluding carboxylic acids is 2. The van der Waals surface area contributed by atoms with Gasteiger partial charge in [-0.1, -0.05) is 45.4 Å². The van der Waals surface area contributed by atoms with Gasteiger partial charge in [0.1, 0.15) is 18.6 Å². The maximum atomic E-state index is 13.2. The van der Waals surface area contributed by atoms with E-state index in [0.29, 0.717) is 11.9 Å². The molecule has 0 saturated carbocycles. The zero-order chi connectivity index (χ0) is 26.6. The Morgan fingerprint density at radius 3 is 2.61 bits per heavy atom. The number of hydrogen-bond acceptors (Lipinski definition) is 7. The second-order valence-corrected chi connectivity index (χ2v) is 10.8. The summed E-state index contributed by atoms with van der Waals surface area (Å²) in [6, 6.07) is 5.53. The molecule has 3 N–H and O–H groups in total. The maximum Gasteiger partial charge on any atom is 0.309 e. The van der Waals surface area contributed by atoms with Crippen molar-refractivity contribution in [3.63, 3.8) is 0 Å². The quantitative estimate of drug-likeness (QED) is 0.420. The number of allylic oxidation sites excluding steroid dienone is 1. The molecule has 0 fully saturated rings. The summed E-state index contributed by atoms with van der Waals surface area (Å²) in [6.07, 6.45) is 3.55. The lowest BCUT2D eigenvalue weighted by atomic mass is 9.73. The lowest BCUT2D eigenvalue weighted by Crippen LogP contribution is -2.45. The number of imidazole rings is 1. The topological polar surface area (TPSA) is 122 Å². The third kappa shape index (κ3) is 6.22. The molecule has 2 heterocycles. The number of aliphatic hydroxyl groups is 3. The molecule has 3 unspecified atom stereocenters. The van der Waals surface area contributed by atoms with Crippen LogP contribution in [0.15, 0.2) is 36.2 Å². The van der Waals surface area contributed by atoms with Crippen LogP contribution in [0.1, 0.15) is 78.4 Å². The number of aliphatic hydroxyl groups excluding tert-OH is 3. The van der Waals surface area contributed by atoms with Gasteiger partial charge in [-0.25, -0.2) is 4.98 Å². The first kappa shape index (κ1) is 28.0. The van der Waals surface area contributed by atoms with E-state index in [9.17, 15) is 24.9 Å². The second kappa shape index (κ2) is 11.7. The molecule has 0 bridgehead atoms. The standard InChI is InChI=1S/C28H40N2O6/c1-17-7-6-8-18(2)26(34)19(3)27(35)28(4,5)24(32)14-25(33)36-23(12-9-17)20-10-11-22-21(13-20)29-15-30(22)16-31/h9-11,13,15,18-19,23-24,26,31-32,34H,6-8,12,14,16H2,1-5H3/t18?,19?,23-,24?,26-/m0/s1. The Hall–Kier alpha value is -2.55. The molecule has 2 aromatic rings. The van der Waals surface area contributed by atoms with Gasteiger partial charge in [0.15, 0.2) is 0 Å². The fourth-order valence-electron chi connectivity index (χ4n) is 4.95. The molecule has 198 valence electrons. The average molecular weight is 501 g/mol. The number of carbonyl (C=O) groups is 2. The van der Waals surface area contributed by atoms with Crippen molar-refractivity contribution < 1.29 is 29.6 Å². The molecule has 0 saturated heterocycles. The lowest BCUT2D eigenvalue weighted by molar-refractivity contribution is -0.155. The molecule has 36 heavy (non-hydrogen) atoms. The predicted molar refractivity (Wildman–Crippen MR) is 137 cm³/mol. The van der Waals surface area contributed by atoms with Crippen LogP contribution in [0.3, 0.4) is 0 Å². The number of nitrogens with zero attached hydrogens (tertiary/aromatic N) is 2. The Labute approximate surface area is 213 Å². The Morgan fingerprint density at radius 2 is 1.92 bits per heavy atom. The fraction of sp³-hybridized carbons (Fsp3) is 0.607. The third-order valence-corrected chi connectivity index (χ3v) is 7.69. The molecule has 0 aliphatic carbocycles. The minimum Gasteiger partial charge on any atom is -0.457 e. The van der Waals surface area contributed by atoms with Gasteiger partial charge in [-0.15, -0.1) is 0 Å². The van der Waals surface area contributed by atoms with Crippen molar-refractivity contribution in [1.82, 2.24) is 9.55 Å². The number of ketones is 1. The normalized spacial score (nSPS) is 29.1. The molecule has 3 rings (SSSR count). The van der Waals surface area contributed by atoms with Crippen LogP contribution in [-0.4, -0.2) is 48.8 Å². The summed E-state index contributed by atoms with van der Waals surface area (Å²) in [5.41, 5.74) is 2.14. The monoisotopic (exact) mass is 500 g/mol. The van der Waals surface area contributed by atoms with Crippen LogP contribution in [0.4, 0.5) is 0 Å². The smallest absolute Gasteiger partial charge is 0.309 e. The van der Waals surface area contributed by atoms with Gasteiger partial charge in [0.2, 0.25) is 0 Å². The van der Waals surface area contributed by atoms with Crippen LogP contribution in [0.2, 0.25) is 0 Å². The number of aromatic nitrogens is 2. The molecule has 5 atom stereocenters. The SMILES string of the molecule is CC1=CC[C@@H](c2ccc3c(c2)ncn3CO)OC(=O)CC(O)C(C)(C)C(=O)C(C)[C@@H](O)C(C)CCC1. The molecule has 1 aliphatic heterocycles. The number of ether oxygens (including phenoxy) is 1. The van der Waals surface area contributed by atoms with Crippen molar-refractivity contribution in [2.75, 3.05) is 0 Å². The summed E-state index contributed by atoms with van der Waals surface area (Å²) in [6.45, 7) is 8.71. The number of hydrogen-bond donors (Lipinski definition) is 3. The maximum absolute atomic E-state index is 13.2. The van der Waals surface area contributed by atoms with Crippen molar-refractivity contribution in [3.8, 4) is 0 Å². The molecule has 1 aromatic carbocycles. The van der Waals surface area contributed by atoms with Crippen molar-refractivity contribution in [2.45, 2.75) is 91.8 Å². The zero-order valence-corrected chi connectivity index (χ0v) is 22.0. The molecular formula is C28H40N2O6. The van der Waals surface area contributed by atoms with Gasteiger partial charge in [0.25, 0.3) is 0 Å². The van der Waals surface area contributed by atoms with E-state index in [1.54, 1.807) is 31.7 Å². The minimum absolute atomic E-state index is 0.0687. The number of cyclic esters (lactones) is 1. The third-order valence-electron chi connectivity index (χ3n) is 7.69. The molecule has 1 aliphatic rings. The van der Waals surface area contributed by atoms with Crippen LogP contribution in [-0.2, 0) is 21.1 Å². The van der Waals surface area contributed by atoms with Gasteiger partial charge >= 0.3 is 5.97 Å². The molecule has 8 nitrogen and oxygen atoms in total. The van der Waals surface area contributed by atoms with E-state index in [0.717, 1.165) is 35.9 Å². The number of benzene rings is 1. The first-order valence-corrected chi connectivity index (χ1v) is 12.8. The molecule has 1 aromatic heterocycles. The average Bonchev–Trinajstić information content (AvgIpc) is 3.26. The van der Waals surface area contributed by atoms with Crippen LogP contribution in [0.25, 0.3) is 11.0 Å². The van der Waals surface area contributed by atoms with Crippen molar-refractivity contribution in [2.24, 2.45) is 17.3 Å². The molecule has 0 spiro atoms. The predicted octanol–water partition coefficient (Wildman–Crippen LogP) is 4.07. The van der Waals surface area contributed by atoms with Crippen LogP contribution >= 0.6 is 0 Å². The summed E-state index contributed by atoms with van der Waals surface area (Å²) in [7, 11) is 0. The molecule has 0 radical (unpaired) electrons. The Bertz CT molecular complexity index is 1100. The van der Waals surface area contributed by atoms with E-state index < -0.39 is 35.6 Å². The van der Waals surface area contributed by atoms with E-state index >= 15 is 0 Å². The van der Waals surface area contributed by atoms with Gasteiger partial charge in [-0.2, -0.15) is 0 Å². The van der Waals surface area contributed by atoms with Gasteiger partial charge in [-0.05, 0) is 49.8 Å². The van der Waals surface area contributed by atoms with Crippen molar-refractivity contribution in [3.05, 3.63) is 41.7 Å². The van der Waals surface area contributed by atoms with Crippen molar-refractivity contribution in [1.29, 1.82) is 0 Å². The van der Waals surface area contributed by atoms with Crippen LogP contribution < -0.4 is 0 Å². The van der Waals surface area contributed by atoms with Crippen LogP contribution in [0, 0.1) is 17.3 Å². The van der Waals surface area contributed by atoms with E-state index in [2.05, 4.69) is 11.1 Å². The summed E-state index contributed by atoms with van der Waals surface area (Å²) >= 11 is 0. The largest absolute Gasteiger partial charge is 0.457 e. The highest BCUT2D eigenvalue weighted by Crippen LogP contribution is 2.33. The van der Waals surface area contributed by atoms with E-state index in [1.165, 1.54) is 0 Å². The van der Waals surface area contributed by atoms with E-state index in [1.807, 2.05) is 32.0 Å². The highest BCUT2D eigenvalue weighted by Gasteiger charge is 2.42. The van der Waals surface area contributed by atoms with Gasteiger partial charge in [0, 0.05) is 12.3 Å². The molecular weight excluding hydrogens is 460 g/mol. The summed E-state index contributed by atoms with van der Waals surface area (Å²) < 4.78 is 7.46. The van der Waals surface area contributed by atoms with Crippen LogP contribution in [0.5, 0.6) is 0 Å². The highest BCUT2D eigenvalue weighted by atomic mass is 16.5. The highest BCUT2D eigenvalue weighted by molar-refractivity contribution is 5.88. The second-order valence-electron chi connectivity index (χ2n) is 10.8. The first-order valence-electron chi connectivity index (χ1n) is 12.8. The van der Waals surface area contributed by atoms with Crippen molar-refractivity contribution >= 4 is 22.8 Å². The Balaban J connectivity index is 1.92. The summed E-state index contributed by atoms with van der Waals surface area (Å²) in [4.78, 5) is 30.5. The number of fused-ring (bicyclic) bond motifs is 1. The Kier molecular flexibility index (Phi) is 9.08. The summed E-state index contributed by atoms with van der Waals surface area (Å²) in [5, 5.41) is 31.1. The Morgan fingerprint density at radius 1 is 1.19 bits per heavy atom. The fourth-order valence-corrected chi connectivity index (χ4v) is 4.95. The lowest BCUT2D eigenvalue weighted by Gasteiger charge is -2.34. The zero-order valence-electron chi connectivity index (χ0n) is 22.0. The van der Waals surface area contributed by atoms with E-state index in [4.69, 9.17) is 4.74 Å². The van der Waals surface area contributed by atoms with Gasteiger partial charge < -0.3 is 24.6 Å². The summed E-state index contributed by atoms with van der Waals surface area (Å²) in [5.74, 6) is -1.61. The van der Waals surface area contributed by atoms with Gasteiger partial charge in [-0.3, -0.25) is 9.59 Å². The number of Topliss-reactive ketones (excluding diaryl/α,β-unsaturated/α-hetero) is 1. The molecule has 0 amide bonds. The number of esters is 1. The van der Waals surface area contributed by atoms with Gasteiger partial charge in [0.05, 0.1) is 41.4 Å².